The van der Waals surface area contributed by atoms with Crippen LogP contribution in [0.3, 0.4) is 0 Å². The highest BCUT2D eigenvalue weighted by molar-refractivity contribution is 6.26. The Kier molecular flexibility index (Phi) is 6.51. The molecule has 39 heavy (non-hydrogen) atoms. The zero-order chi connectivity index (χ0) is 28.0. The lowest BCUT2D eigenvalue weighted by molar-refractivity contribution is -0.134. The van der Waals surface area contributed by atoms with E-state index in [2.05, 4.69) is 0 Å². The summed E-state index contributed by atoms with van der Waals surface area (Å²) in [5.74, 6) is -2.93. The summed E-state index contributed by atoms with van der Waals surface area (Å²) in [6, 6.07) is 9.53. The summed E-state index contributed by atoms with van der Waals surface area (Å²) < 4.78 is 0. The summed E-state index contributed by atoms with van der Waals surface area (Å²) in [6.45, 7) is 0. The number of hydrogen-bond donors (Lipinski definition) is 1. The highest BCUT2D eigenvalue weighted by atomic mass is 16.2. The number of Topliss-reactive ketones (excluding diaryl/α,β-unsaturated/α-hetero) is 4. The van der Waals surface area contributed by atoms with Crippen molar-refractivity contribution in [1.29, 1.82) is 0 Å². The number of ketones is 4. The standard InChI is InChI=1S/C14H12N2O4.C14H11NO4/c15-9-3-1-2-8-12(9)14(20)16(13(8)19)10-5-4-7(17)6-11(10)18;16-8-5-6-11(12(17)7-8)15-13(18)9-3-1-2-4-10(9)14(15)19/h1-3,10H,4-6,15H2;1-4,11H,5-7H2. The maximum absolute atomic E-state index is 12.3. The van der Waals surface area contributed by atoms with Crippen LogP contribution in [0.15, 0.2) is 42.5 Å². The Hall–Kier alpha value is -4.80. The highest BCUT2D eigenvalue weighted by Crippen LogP contribution is 2.32. The maximum Gasteiger partial charge on any atom is 0.264 e. The number of imide groups is 2. The lowest BCUT2D eigenvalue weighted by Crippen LogP contribution is -2.47. The van der Waals surface area contributed by atoms with Gasteiger partial charge in [0.1, 0.15) is 11.6 Å². The first-order chi connectivity index (χ1) is 18.6. The monoisotopic (exact) mass is 529 g/mol. The second-order valence-corrected chi connectivity index (χ2v) is 9.75. The number of fused-ring (bicyclic) bond motifs is 2. The van der Waals surface area contributed by atoms with Gasteiger partial charge in [-0.1, -0.05) is 18.2 Å². The molecular formula is C28H23N3O8. The molecule has 2 aliphatic carbocycles. The van der Waals surface area contributed by atoms with Gasteiger partial charge >= 0.3 is 0 Å². The van der Waals surface area contributed by atoms with Crippen LogP contribution in [-0.2, 0) is 19.2 Å². The molecule has 2 unspecified atom stereocenters. The van der Waals surface area contributed by atoms with E-state index >= 15 is 0 Å². The molecule has 4 amide bonds. The fourth-order valence-electron chi connectivity index (χ4n) is 5.37. The number of hydrogen-bond acceptors (Lipinski definition) is 9. The zero-order valence-electron chi connectivity index (χ0n) is 20.7. The highest BCUT2D eigenvalue weighted by Gasteiger charge is 2.46. The average molecular weight is 530 g/mol. The lowest BCUT2D eigenvalue weighted by Gasteiger charge is -2.27. The van der Waals surface area contributed by atoms with Crippen LogP contribution >= 0.6 is 0 Å². The van der Waals surface area contributed by atoms with Crippen LogP contribution < -0.4 is 5.73 Å². The van der Waals surface area contributed by atoms with Crippen molar-refractivity contribution in [2.45, 2.75) is 50.6 Å². The smallest absolute Gasteiger partial charge is 0.264 e. The topological polar surface area (TPSA) is 169 Å². The molecule has 6 rings (SSSR count). The van der Waals surface area contributed by atoms with Crippen molar-refractivity contribution in [3.8, 4) is 0 Å². The van der Waals surface area contributed by atoms with Crippen molar-refractivity contribution < 1.29 is 38.4 Å². The minimum Gasteiger partial charge on any atom is -0.398 e. The molecule has 2 aliphatic heterocycles. The molecule has 2 heterocycles. The van der Waals surface area contributed by atoms with Crippen LogP contribution in [-0.4, -0.2) is 68.6 Å². The summed E-state index contributed by atoms with van der Waals surface area (Å²) in [5, 5.41) is 0. The number of amides is 4. The maximum atomic E-state index is 12.3. The number of carbonyl (C=O) groups is 8. The van der Waals surface area contributed by atoms with Crippen LogP contribution in [0.1, 0.15) is 80.0 Å². The SMILES string of the molecule is Nc1cccc2c1C(=O)N(C1CCC(=O)CC1=O)C2=O.O=C1CCC(N2C(=O)c3ccccc3C2=O)C(=O)C1. The Bertz CT molecular complexity index is 1470. The summed E-state index contributed by atoms with van der Waals surface area (Å²) in [4.78, 5) is 97.2. The first-order valence-corrected chi connectivity index (χ1v) is 12.4. The van der Waals surface area contributed by atoms with E-state index in [4.69, 9.17) is 5.73 Å². The minimum atomic E-state index is -0.848. The van der Waals surface area contributed by atoms with Gasteiger partial charge in [-0.25, -0.2) is 0 Å². The van der Waals surface area contributed by atoms with Gasteiger partial charge in [0, 0.05) is 18.5 Å². The summed E-state index contributed by atoms with van der Waals surface area (Å²) >= 11 is 0. The van der Waals surface area contributed by atoms with Crippen molar-refractivity contribution in [2.75, 3.05) is 5.73 Å². The number of nitrogen functional groups attached to an aromatic ring is 1. The van der Waals surface area contributed by atoms with Gasteiger partial charge in [-0.05, 0) is 37.1 Å². The molecule has 0 bridgehead atoms. The average Bonchev–Trinajstić information content (AvgIpc) is 3.30. The van der Waals surface area contributed by atoms with E-state index in [9.17, 15) is 38.4 Å². The Labute approximate surface area is 221 Å². The fourth-order valence-corrected chi connectivity index (χ4v) is 5.37. The predicted molar refractivity (Wildman–Crippen MR) is 134 cm³/mol. The first kappa shape index (κ1) is 25.8. The number of benzene rings is 2. The summed E-state index contributed by atoms with van der Waals surface area (Å²) in [6.07, 6.45) is 0.487. The van der Waals surface area contributed by atoms with Gasteiger partial charge in [-0.2, -0.15) is 0 Å². The summed E-state index contributed by atoms with van der Waals surface area (Å²) in [7, 11) is 0. The third-order valence-electron chi connectivity index (χ3n) is 7.31. The quantitative estimate of drug-likeness (QED) is 0.344. The van der Waals surface area contributed by atoms with Gasteiger partial charge in [0.2, 0.25) is 0 Å². The van der Waals surface area contributed by atoms with Gasteiger partial charge in [-0.15, -0.1) is 0 Å². The Balaban J connectivity index is 0.000000158. The van der Waals surface area contributed by atoms with E-state index in [-0.39, 0.29) is 78.5 Å². The largest absolute Gasteiger partial charge is 0.398 e. The van der Waals surface area contributed by atoms with Crippen LogP contribution in [0.25, 0.3) is 0 Å². The molecule has 2 saturated carbocycles. The number of nitrogens with zero attached hydrogens (tertiary/aromatic N) is 2. The van der Waals surface area contributed by atoms with Gasteiger partial charge in [0.05, 0.1) is 47.2 Å². The Morgan fingerprint density at radius 1 is 0.564 bits per heavy atom. The van der Waals surface area contributed by atoms with E-state index in [1.807, 2.05) is 0 Å². The number of rotatable bonds is 2. The van der Waals surface area contributed by atoms with E-state index in [1.165, 1.54) is 6.07 Å². The molecule has 2 atom stereocenters. The molecule has 2 aromatic rings. The van der Waals surface area contributed by atoms with E-state index in [0.717, 1.165) is 9.80 Å². The van der Waals surface area contributed by atoms with Gasteiger partial charge in [0.25, 0.3) is 23.6 Å². The molecule has 11 nitrogen and oxygen atoms in total. The van der Waals surface area contributed by atoms with Gasteiger partial charge < -0.3 is 5.73 Å². The molecule has 4 aliphatic rings. The second kappa shape index (κ2) is 9.82. The zero-order valence-corrected chi connectivity index (χ0v) is 20.7. The number of carbonyl (C=O) groups excluding carboxylic acids is 8. The lowest BCUT2D eigenvalue weighted by atomic mass is 9.92. The van der Waals surface area contributed by atoms with Gasteiger partial charge in [0.15, 0.2) is 11.6 Å². The molecular weight excluding hydrogens is 506 g/mol. The van der Waals surface area contributed by atoms with Crippen molar-refractivity contribution in [3.63, 3.8) is 0 Å². The Morgan fingerprint density at radius 2 is 1.00 bits per heavy atom. The van der Waals surface area contributed by atoms with Gasteiger partial charge in [-0.3, -0.25) is 48.2 Å². The molecule has 2 aromatic carbocycles. The van der Waals surface area contributed by atoms with Crippen molar-refractivity contribution in [1.82, 2.24) is 9.80 Å². The van der Waals surface area contributed by atoms with Crippen LogP contribution in [0.4, 0.5) is 5.69 Å². The molecule has 0 radical (unpaired) electrons. The van der Waals surface area contributed by atoms with Crippen LogP contribution in [0.2, 0.25) is 0 Å². The second-order valence-electron chi connectivity index (χ2n) is 9.75. The van der Waals surface area contributed by atoms with E-state index < -0.39 is 35.7 Å². The third kappa shape index (κ3) is 4.35. The Morgan fingerprint density at radius 3 is 1.46 bits per heavy atom. The molecule has 0 aromatic heterocycles. The predicted octanol–water partition coefficient (Wildman–Crippen LogP) is 1.53. The van der Waals surface area contributed by atoms with Crippen molar-refractivity contribution >= 4 is 52.4 Å². The third-order valence-corrected chi connectivity index (χ3v) is 7.31. The molecule has 198 valence electrons. The van der Waals surface area contributed by atoms with Crippen LogP contribution in [0.5, 0.6) is 0 Å². The van der Waals surface area contributed by atoms with E-state index in [1.54, 1.807) is 36.4 Å². The van der Waals surface area contributed by atoms with E-state index in [0.29, 0.717) is 11.1 Å². The molecule has 0 spiro atoms. The van der Waals surface area contributed by atoms with Crippen molar-refractivity contribution in [3.05, 3.63) is 64.7 Å². The first-order valence-electron chi connectivity index (χ1n) is 12.4. The minimum absolute atomic E-state index is 0.127. The number of anilines is 1. The molecule has 11 heteroatoms. The molecule has 0 saturated heterocycles. The normalized spacial score (nSPS) is 22.7. The van der Waals surface area contributed by atoms with Crippen LogP contribution in [0, 0.1) is 0 Å². The molecule has 2 N–H and O–H groups in total. The number of nitrogens with two attached hydrogens (primary N) is 1. The van der Waals surface area contributed by atoms with Crippen molar-refractivity contribution in [2.24, 2.45) is 0 Å². The fraction of sp³-hybridized carbons (Fsp3) is 0.286. The summed E-state index contributed by atoms with van der Waals surface area (Å²) in [5.41, 5.74) is 7.00. The molecule has 2 fully saturated rings.